The molecule has 0 N–H and O–H groups in total. The lowest BCUT2D eigenvalue weighted by Crippen LogP contribution is -2.55. The summed E-state index contributed by atoms with van der Waals surface area (Å²) in [4.78, 5) is 21.3. The lowest BCUT2D eigenvalue weighted by molar-refractivity contribution is -0.140. The second-order valence-electron chi connectivity index (χ2n) is 7.74. The molecule has 2 aromatic rings. The van der Waals surface area contributed by atoms with Gasteiger partial charge in [-0.25, -0.2) is 0 Å². The molecule has 142 valence electrons. The fraction of sp³-hybridized carbons (Fsp3) is 0.455. The number of carbonyl (C=O) groups is 1. The van der Waals surface area contributed by atoms with Gasteiger partial charge in [-0.3, -0.25) is 14.7 Å². The molecule has 3 heterocycles. The highest BCUT2D eigenvalue weighted by atomic mass is 16.5. The molecule has 1 atom stereocenters. The van der Waals surface area contributed by atoms with E-state index in [1.54, 1.807) is 0 Å². The van der Waals surface area contributed by atoms with Crippen LogP contribution in [-0.2, 0) is 16.1 Å². The van der Waals surface area contributed by atoms with Crippen LogP contribution in [0.15, 0.2) is 48.7 Å². The number of rotatable bonds is 3. The maximum atomic E-state index is 12.4. The third-order valence-electron chi connectivity index (χ3n) is 5.67. The van der Waals surface area contributed by atoms with Crippen molar-refractivity contribution in [2.24, 2.45) is 0 Å². The lowest BCUT2D eigenvalue weighted by atomic mass is 9.92. The number of pyridine rings is 1. The summed E-state index contributed by atoms with van der Waals surface area (Å²) in [5.41, 5.74) is 3.03. The molecule has 0 radical (unpaired) electrons. The first-order valence-electron chi connectivity index (χ1n) is 9.77. The lowest BCUT2D eigenvalue weighted by Gasteiger charge is -2.42. The Labute approximate surface area is 161 Å². The van der Waals surface area contributed by atoms with Crippen molar-refractivity contribution in [1.29, 1.82) is 0 Å². The van der Waals surface area contributed by atoms with Gasteiger partial charge < -0.3 is 9.64 Å². The average molecular weight is 365 g/mol. The molecule has 5 heteroatoms. The predicted octanol–water partition coefficient (Wildman–Crippen LogP) is 3.18. The number of hydrogen-bond acceptors (Lipinski definition) is 4. The zero-order chi connectivity index (χ0) is 18.7. The largest absolute Gasteiger partial charge is 0.363 e. The third-order valence-corrected chi connectivity index (χ3v) is 5.67. The van der Waals surface area contributed by atoms with Gasteiger partial charge in [-0.2, -0.15) is 0 Å². The summed E-state index contributed by atoms with van der Waals surface area (Å²) in [6, 6.07) is 14.2. The normalized spacial score (nSPS) is 24.2. The van der Waals surface area contributed by atoms with Crippen molar-refractivity contribution < 1.29 is 9.53 Å². The van der Waals surface area contributed by atoms with Crippen LogP contribution in [-0.4, -0.2) is 47.6 Å². The molecule has 2 aliphatic rings. The summed E-state index contributed by atoms with van der Waals surface area (Å²) in [5.74, 6) is 0.0526. The number of ether oxygens (including phenoxy) is 1. The number of para-hydroxylation sites is 1. The van der Waals surface area contributed by atoms with Gasteiger partial charge in [0.15, 0.2) is 0 Å². The van der Waals surface area contributed by atoms with Gasteiger partial charge in [0, 0.05) is 25.0 Å². The Hall–Kier alpha value is -2.24. The SMILES string of the molecule is Cc1ccc(CN2CCCC3(CC2)CN(c2ccccc2)C(=O)CO3)nc1. The molecule has 0 saturated carbocycles. The van der Waals surface area contributed by atoms with Gasteiger partial charge in [-0.15, -0.1) is 0 Å². The first-order valence-corrected chi connectivity index (χ1v) is 9.77. The maximum absolute atomic E-state index is 12.4. The molecule has 1 unspecified atom stereocenters. The second kappa shape index (κ2) is 7.79. The van der Waals surface area contributed by atoms with E-state index in [1.807, 2.05) is 41.4 Å². The van der Waals surface area contributed by atoms with Crippen LogP contribution in [0.5, 0.6) is 0 Å². The first-order chi connectivity index (χ1) is 13.1. The van der Waals surface area contributed by atoms with Crippen LogP contribution in [0.25, 0.3) is 0 Å². The van der Waals surface area contributed by atoms with Crippen molar-refractivity contribution in [2.75, 3.05) is 31.1 Å². The number of benzene rings is 1. The number of aryl methyl sites for hydroxylation is 1. The van der Waals surface area contributed by atoms with Crippen LogP contribution in [0.2, 0.25) is 0 Å². The van der Waals surface area contributed by atoms with E-state index in [4.69, 9.17) is 4.74 Å². The summed E-state index contributed by atoms with van der Waals surface area (Å²) in [6.45, 7) is 5.76. The van der Waals surface area contributed by atoms with Crippen molar-refractivity contribution in [2.45, 2.75) is 38.3 Å². The number of nitrogens with zero attached hydrogens (tertiary/aromatic N) is 3. The summed E-state index contributed by atoms with van der Waals surface area (Å²) in [7, 11) is 0. The topological polar surface area (TPSA) is 45.7 Å². The summed E-state index contributed by atoms with van der Waals surface area (Å²) < 4.78 is 6.13. The second-order valence-corrected chi connectivity index (χ2v) is 7.74. The van der Waals surface area contributed by atoms with Crippen LogP contribution < -0.4 is 4.90 Å². The minimum Gasteiger partial charge on any atom is -0.363 e. The highest BCUT2D eigenvalue weighted by molar-refractivity contribution is 5.95. The Morgan fingerprint density at radius 1 is 1.11 bits per heavy atom. The minimum atomic E-state index is -0.237. The molecule has 1 spiro atoms. The molecular formula is C22H27N3O2. The summed E-state index contributed by atoms with van der Waals surface area (Å²) in [5, 5.41) is 0. The average Bonchev–Trinajstić information content (AvgIpc) is 2.89. The van der Waals surface area contributed by atoms with Gasteiger partial charge >= 0.3 is 0 Å². The van der Waals surface area contributed by atoms with E-state index in [1.165, 1.54) is 5.56 Å². The number of likely N-dealkylation sites (tertiary alicyclic amines) is 1. The van der Waals surface area contributed by atoms with Gasteiger partial charge in [0.1, 0.15) is 6.61 Å². The quantitative estimate of drug-likeness (QED) is 0.838. The number of anilines is 1. The zero-order valence-electron chi connectivity index (χ0n) is 15.9. The minimum absolute atomic E-state index is 0.0526. The van der Waals surface area contributed by atoms with Crippen LogP contribution >= 0.6 is 0 Å². The van der Waals surface area contributed by atoms with Crippen molar-refractivity contribution in [3.8, 4) is 0 Å². The van der Waals surface area contributed by atoms with E-state index in [0.717, 1.165) is 50.3 Å². The predicted molar refractivity (Wildman–Crippen MR) is 106 cm³/mol. The van der Waals surface area contributed by atoms with Crippen LogP contribution in [0.4, 0.5) is 5.69 Å². The van der Waals surface area contributed by atoms with E-state index in [0.29, 0.717) is 6.54 Å². The van der Waals surface area contributed by atoms with Crippen LogP contribution in [0.1, 0.15) is 30.5 Å². The molecule has 4 rings (SSSR count). The molecule has 0 aliphatic carbocycles. The molecule has 1 aromatic carbocycles. The van der Waals surface area contributed by atoms with Crippen molar-refractivity contribution in [3.05, 3.63) is 59.9 Å². The fourth-order valence-electron chi connectivity index (χ4n) is 4.06. The summed E-state index contributed by atoms with van der Waals surface area (Å²) in [6.07, 6.45) is 4.93. The first kappa shape index (κ1) is 18.1. The van der Waals surface area contributed by atoms with Gasteiger partial charge in [0.05, 0.1) is 17.8 Å². The summed E-state index contributed by atoms with van der Waals surface area (Å²) >= 11 is 0. The molecule has 5 nitrogen and oxygen atoms in total. The smallest absolute Gasteiger partial charge is 0.253 e. The van der Waals surface area contributed by atoms with Crippen LogP contribution in [0.3, 0.4) is 0 Å². The molecule has 1 aromatic heterocycles. The van der Waals surface area contributed by atoms with E-state index >= 15 is 0 Å². The number of aromatic nitrogens is 1. The Morgan fingerprint density at radius 3 is 2.74 bits per heavy atom. The monoisotopic (exact) mass is 365 g/mol. The Bertz CT molecular complexity index is 778. The Kier molecular flexibility index (Phi) is 5.23. The molecule has 2 saturated heterocycles. The Morgan fingerprint density at radius 2 is 1.96 bits per heavy atom. The highest BCUT2D eigenvalue weighted by Crippen LogP contribution is 2.33. The van der Waals surface area contributed by atoms with E-state index in [2.05, 4.69) is 28.9 Å². The standard InChI is InChI=1S/C22H27N3O2/c1-18-8-9-19(23-14-18)15-24-12-5-10-22(11-13-24)17-25(21(26)16-27-22)20-6-3-2-4-7-20/h2-4,6-9,14H,5,10-13,15-17H2,1H3. The molecule has 1 amide bonds. The number of hydrogen-bond donors (Lipinski definition) is 0. The maximum Gasteiger partial charge on any atom is 0.253 e. The van der Waals surface area contributed by atoms with Crippen molar-refractivity contribution in [1.82, 2.24) is 9.88 Å². The van der Waals surface area contributed by atoms with Crippen molar-refractivity contribution in [3.63, 3.8) is 0 Å². The molecule has 27 heavy (non-hydrogen) atoms. The Balaban J connectivity index is 1.43. The van der Waals surface area contributed by atoms with Gasteiger partial charge in [-0.05, 0) is 56.5 Å². The zero-order valence-corrected chi connectivity index (χ0v) is 15.9. The van der Waals surface area contributed by atoms with Gasteiger partial charge in [0.25, 0.3) is 5.91 Å². The van der Waals surface area contributed by atoms with Gasteiger partial charge in [0.2, 0.25) is 0 Å². The van der Waals surface area contributed by atoms with Crippen molar-refractivity contribution >= 4 is 11.6 Å². The van der Waals surface area contributed by atoms with E-state index < -0.39 is 0 Å². The van der Waals surface area contributed by atoms with Crippen LogP contribution in [0, 0.1) is 6.92 Å². The van der Waals surface area contributed by atoms with E-state index in [9.17, 15) is 4.79 Å². The molecule has 0 bridgehead atoms. The molecule has 2 fully saturated rings. The highest BCUT2D eigenvalue weighted by Gasteiger charge is 2.41. The number of carbonyl (C=O) groups excluding carboxylic acids is 1. The molecule has 2 aliphatic heterocycles. The number of amides is 1. The molecular weight excluding hydrogens is 338 g/mol. The fourth-order valence-corrected chi connectivity index (χ4v) is 4.06. The van der Waals surface area contributed by atoms with Gasteiger partial charge in [-0.1, -0.05) is 24.3 Å². The van der Waals surface area contributed by atoms with E-state index in [-0.39, 0.29) is 18.1 Å². The third kappa shape index (κ3) is 4.20. The number of morpholine rings is 1.